The summed E-state index contributed by atoms with van der Waals surface area (Å²) in [6, 6.07) is 2.81. The van der Waals surface area contributed by atoms with E-state index in [0.717, 1.165) is 0 Å². The van der Waals surface area contributed by atoms with Crippen LogP contribution in [0.4, 0.5) is 0 Å². The number of carboxylic acid groups (broad SMARTS) is 1. The van der Waals surface area contributed by atoms with Crippen molar-refractivity contribution < 1.29 is 29.6 Å². The Morgan fingerprint density at radius 3 is 2.61 bits per heavy atom. The second kappa shape index (κ2) is 5.87. The Labute approximate surface area is 103 Å². The number of nitrogens with one attached hydrogen (secondary N) is 1. The quantitative estimate of drug-likeness (QED) is 0.567. The monoisotopic (exact) mass is 255 g/mol. The number of carbonyl (C=O) groups excluding carboxylic acids is 1. The van der Waals surface area contributed by atoms with Gasteiger partial charge in [0.2, 0.25) is 0 Å². The third kappa shape index (κ3) is 2.89. The van der Waals surface area contributed by atoms with E-state index in [4.69, 9.17) is 14.9 Å². The molecule has 0 fully saturated rings. The van der Waals surface area contributed by atoms with Crippen LogP contribution in [0.1, 0.15) is 10.4 Å². The molecule has 1 amide bonds. The summed E-state index contributed by atoms with van der Waals surface area (Å²) in [6.45, 7) is -0.744. The number of benzene rings is 1. The zero-order valence-electron chi connectivity index (χ0n) is 9.58. The number of hydrogen-bond acceptors (Lipinski definition) is 5. The topological polar surface area (TPSA) is 116 Å². The second-order valence-electron chi connectivity index (χ2n) is 3.40. The summed E-state index contributed by atoms with van der Waals surface area (Å²) in [5.74, 6) is -2.47. The van der Waals surface area contributed by atoms with Gasteiger partial charge in [-0.2, -0.15) is 0 Å². The molecule has 7 nitrogen and oxygen atoms in total. The molecule has 1 aromatic rings. The first-order chi connectivity index (χ1) is 8.51. The lowest BCUT2D eigenvalue weighted by molar-refractivity contribution is -0.140. The lowest BCUT2D eigenvalue weighted by atomic mass is 10.1. The Bertz CT molecular complexity index is 459. The summed E-state index contributed by atoms with van der Waals surface area (Å²) in [4.78, 5) is 22.3. The van der Waals surface area contributed by atoms with E-state index in [2.05, 4.69) is 5.32 Å². The number of para-hydroxylation sites is 1. The zero-order chi connectivity index (χ0) is 13.7. The summed E-state index contributed by atoms with van der Waals surface area (Å²) < 4.78 is 4.82. The normalized spacial score (nSPS) is 11.7. The smallest absolute Gasteiger partial charge is 0.328 e. The number of amides is 1. The van der Waals surface area contributed by atoms with Gasteiger partial charge in [-0.05, 0) is 12.1 Å². The average Bonchev–Trinajstić information content (AvgIpc) is 2.35. The Hall–Kier alpha value is -2.28. The van der Waals surface area contributed by atoms with Crippen LogP contribution >= 0.6 is 0 Å². The molecule has 0 aliphatic carbocycles. The van der Waals surface area contributed by atoms with Gasteiger partial charge in [0.15, 0.2) is 17.5 Å². The van der Waals surface area contributed by atoms with Crippen molar-refractivity contribution >= 4 is 11.9 Å². The summed E-state index contributed by atoms with van der Waals surface area (Å²) in [6.07, 6.45) is 0. The second-order valence-corrected chi connectivity index (χ2v) is 3.40. The molecule has 1 atom stereocenters. The Balaban J connectivity index is 2.94. The maximum absolute atomic E-state index is 11.7. The minimum atomic E-state index is -1.43. The van der Waals surface area contributed by atoms with Gasteiger partial charge in [-0.15, -0.1) is 0 Å². The molecule has 0 aliphatic heterocycles. The Morgan fingerprint density at radius 1 is 1.44 bits per heavy atom. The number of phenolic OH excluding ortho intramolecular Hbond substituents is 1. The van der Waals surface area contributed by atoms with Crippen LogP contribution < -0.4 is 10.1 Å². The number of phenols is 1. The predicted molar refractivity (Wildman–Crippen MR) is 60.6 cm³/mol. The van der Waals surface area contributed by atoms with Gasteiger partial charge in [0, 0.05) is 0 Å². The molecule has 0 spiro atoms. The van der Waals surface area contributed by atoms with Crippen molar-refractivity contribution in [3.63, 3.8) is 0 Å². The van der Waals surface area contributed by atoms with E-state index in [0.29, 0.717) is 0 Å². The fourth-order valence-electron chi connectivity index (χ4n) is 1.29. The largest absolute Gasteiger partial charge is 0.504 e. The minimum absolute atomic E-state index is 0.0959. The van der Waals surface area contributed by atoms with E-state index in [9.17, 15) is 14.7 Å². The standard InChI is InChI=1S/C11H13NO6/c1-18-8-4-2-3-6(9(8)14)10(15)12-7(5-13)11(16)17/h2-4,7,13-14H,5H2,1H3,(H,12,15)(H,16,17)/t7-/m1/s1. The number of rotatable bonds is 5. The van der Waals surface area contributed by atoms with Crippen LogP contribution in [-0.4, -0.2) is 47.0 Å². The number of aliphatic hydroxyl groups is 1. The third-order valence-corrected chi connectivity index (χ3v) is 2.25. The lowest BCUT2D eigenvalue weighted by Gasteiger charge is -2.13. The number of carbonyl (C=O) groups is 2. The number of hydrogen-bond donors (Lipinski definition) is 4. The lowest BCUT2D eigenvalue weighted by Crippen LogP contribution is -2.43. The van der Waals surface area contributed by atoms with Gasteiger partial charge in [0.05, 0.1) is 19.3 Å². The highest BCUT2D eigenvalue weighted by Gasteiger charge is 2.22. The number of aliphatic carboxylic acids is 1. The molecule has 0 saturated carbocycles. The molecule has 0 unspecified atom stereocenters. The van der Waals surface area contributed by atoms with Gasteiger partial charge in [-0.3, -0.25) is 4.79 Å². The molecule has 0 heterocycles. The van der Waals surface area contributed by atoms with Crippen molar-refractivity contribution in [3.05, 3.63) is 23.8 Å². The number of aliphatic hydroxyl groups excluding tert-OH is 1. The summed E-state index contributed by atoms with van der Waals surface area (Å²) >= 11 is 0. The first kappa shape index (κ1) is 13.8. The fraction of sp³-hybridized carbons (Fsp3) is 0.273. The summed E-state index contributed by atoms with van der Waals surface area (Å²) in [5, 5.41) is 29.2. The molecular formula is C11H13NO6. The van der Waals surface area contributed by atoms with E-state index < -0.39 is 24.5 Å². The maximum Gasteiger partial charge on any atom is 0.328 e. The molecule has 1 rings (SSSR count). The van der Waals surface area contributed by atoms with E-state index in [1.54, 1.807) is 0 Å². The number of aromatic hydroxyl groups is 1. The molecule has 0 radical (unpaired) electrons. The van der Waals surface area contributed by atoms with Crippen molar-refractivity contribution in [1.82, 2.24) is 5.32 Å². The van der Waals surface area contributed by atoms with Gasteiger partial charge in [-0.25, -0.2) is 4.79 Å². The van der Waals surface area contributed by atoms with Crippen molar-refractivity contribution in [1.29, 1.82) is 0 Å². The van der Waals surface area contributed by atoms with Crippen LogP contribution in [0.2, 0.25) is 0 Å². The summed E-state index contributed by atoms with van der Waals surface area (Å²) in [5.41, 5.74) is -0.131. The van der Waals surface area contributed by atoms with Gasteiger partial charge < -0.3 is 25.4 Å². The van der Waals surface area contributed by atoms with Crippen LogP contribution in [0.25, 0.3) is 0 Å². The maximum atomic E-state index is 11.7. The number of ether oxygens (including phenoxy) is 1. The van der Waals surface area contributed by atoms with Gasteiger partial charge >= 0.3 is 5.97 Å². The highest BCUT2D eigenvalue weighted by Crippen LogP contribution is 2.29. The van der Waals surface area contributed by atoms with Gasteiger partial charge in [-0.1, -0.05) is 6.07 Å². The predicted octanol–water partition coefficient (Wildman–Crippen LogP) is -0.424. The fourth-order valence-corrected chi connectivity index (χ4v) is 1.29. The van der Waals surface area contributed by atoms with Crippen LogP contribution in [0.3, 0.4) is 0 Å². The minimum Gasteiger partial charge on any atom is -0.504 e. The van der Waals surface area contributed by atoms with Crippen molar-refractivity contribution in [2.24, 2.45) is 0 Å². The van der Waals surface area contributed by atoms with Crippen molar-refractivity contribution in [2.45, 2.75) is 6.04 Å². The molecule has 7 heteroatoms. The highest BCUT2D eigenvalue weighted by molar-refractivity contribution is 5.99. The Morgan fingerprint density at radius 2 is 2.11 bits per heavy atom. The molecule has 1 aromatic carbocycles. The van der Waals surface area contributed by atoms with E-state index in [1.165, 1.54) is 25.3 Å². The van der Waals surface area contributed by atoms with Crippen molar-refractivity contribution in [2.75, 3.05) is 13.7 Å². The van der Waals surface area contributed by atoms with E-state index in [-0.39, 0.29) is 17.1 Å². The number of methoxy groups -OCH3 is 1. The zero-order valence-corrected chi connectivity index (χ0v) is 9.58. The average molecular weight is 255 g/mol. The molecule has 0 aliphatic rings. The molecule has 0 aromatic heterocycles. The summed E-state index contributed by atoms with van der Waals surface area (Å²) in [7, 11) is 1.32. The third-order valence-electron chi connectivity index (χ3n) is 2.25. The molecule has 4 N–H and O–H groups in total. The van der Waals surface area contributed by atoms with Crippen LogP contribution in [0.15, 0.2) is 18.2 Å². The van der Waals surface area contributed by atoms with E-state index >= 15 is 0 Å². The first-order valence-electron chi connectivity index (χ1n) is 5.01. The number of carboxylic acids is 1. The Kier molecular flexibility index (Phi) is 4.50. The van der Waals surface area contributed by atoms with Crippen LogP contribution in [-0.2, 0) is 4.79 Å². The first-order valence-corrected chi connectivity index (χ1v) is 5.01. The highest BCUT2D eigenvalue weighted by atomic mass is 16.5. The van der Waals surface area contributed by atoms with Gasteiger partial charge in [0.1, 0.15) is 0 Å². The van der Waals surface area contributed by atoms with E-state index in [1.807, 2.05) is 0 Å². The molecular weight excluding hydrogens is 242 g/mol. The van der Waals surface area contributed by atoms with Crippen molar-refractivity contribution in [3.8, 4) is 11.5 Å². The van der Waals surface area contributed by atoms with Gasteiger partial charge in [0.25, 0.3) is 5.91 Å². The molecule has 0 bridgehead atoms. The van der Waals surface area contributed by atoms with Crippen LogP contribution in [0.5, 0.6) is 11.5 Å². The van der Waals surface area contributed by atoms with Crippen LogP contribution in [0, 0.1) is 0 Å². The molecule has 98 valence electrons. The molecule has 18 heavy (non-hydrogen) atoms. The molecule has 0 saturated heterocycles. The SMILES string of the molecule is COc1cccc(C(=O)N[C@H](CO)C(=O)O)c1O.